The van der Waals surface area contributed by atoms with Crippen molar-refractivity contribution in [3.05, 3.63) is 12.2 Å². The van der Waals surface area contributed by atoms with Crippen molar-refractivity contribution in [2.45, 2.75) is 72.0 Å². The molecule has 1 saturated heterocycles. The lowest BCUT2D eigenvalue weighted by Crippen LogP contribution is -2.67. The molecule has 1 unspecified atom stereocenters. The van der Waals surface area contributed by atoms with E-state index in [4.69, 9.17) is 18.9 Å². The van der Waals surface area contributed by atoms with Gasteiger partial charge in [-0.15, -0.1) is 0 Å². The molecule has 1 heterocycles. The first-order valence-electron chi connectivity index (χ1n) is 12.2. The van der Waals surface area contributed by atoms with Crippen LogP contribution < -0.4 is 0 Å². The third kappa shape index (κ3) is 3.69. The van der Waals surface area contributed by atoms with Crippen molar-refractivity contribution in [3.63, 3.8) is 0 Å². The van der Waals surface area contributed by atoms with Gasteiger partial charge in [0.05, 0.1) is 6.61 Å². The molecule has 0 amide bonds. The highest BCUT2D eigenvalue weighted by Crippen LogP contribution is 2.69. The third-order valence-electron chi connectivity index (χ3n) is 9.14. The zero-order valence-corrected chi connectivity index (χ0v) is 20.8. The molecule has 192 valence electrons. The van der Waals surface area contributed by atoms with Crippen molar-refractivity contribution in [3.8, 4) is 0 Å². The Balaban J connectivity index is 1.82. The molecule has 4 fully saturated rings. The summed E-state index contributed by atoms with van der Waals surface area (Å²) < 4.78 is 22.6. The standard InChI is InChI=1S/C26H34O9/c1-14-18-6-7-19-25(13-33-23(31)26(19,10-18)22(14)35-17(4)30)9-8-21(34-16(3)29)24(5,20(25)11-27)12-32-15(2)28/h11,18-22H,1,6-10,12-13H2,2-5H3/t18-,19+,20-,21+,22?,24+,25-,26+/m1/s1. The van der Waals surface area contributed by atoms with E-state index in [1.54, 1.807) is 6.92 Å². The first-order chi connectivity index (χ1) is 16.4. The van der Waals surface area contributed by atoms with E-state index in [2.05, 4.69) is 6.58 Å². The molecule has 0 N–H and O–H groups in total. The van der Waals surface area contributed by atoms with E-state index in [1.807, 2.05) is 0 Å². The predicted molar refractivity (Wildman–Crippen MR) is 120 cm³/mol. The van der Waals surface area contributed by atoms with Gasteiger partial charge in [0.1, 0.15) is 30.5 Å². The molecule has 3 aliphatic carbocycles. The lowest BCUT2D eigenvalue weighted by Gasteiger charge is -2.62. The van der Waals surface area contributed by atoms with Gasteiger partial charge in [-0.25, -0.2) is 0 Å². The molecule has 4 rings (SSSR count). The molecule has 3 saturated carbocycles. The Morgan fingerprint density at radius 2 is 1.77 bits per heavy atom. The van der Waals surface area contributed by atoms with Crippen LogP contribution in [0.1, 0.15) is 59.8 Å². The number of aldehydes is 1. The van der Waals surface area contributed by atoms with Crippen molar-refractivity contribution in [2.75, 3.05) is 13.2 Å². The Labute approximate surface area is 204 Å². The molecule has 0 aromatic heterocycles. The van der Waals surface area contributed by atoms with Gasteiger partial charge in [0.2, 0.25) is 0 Å². The molecule has 4 aliphatic rings. The van der Waals surface area contributed by atoms with Gasteiger partial charge < -0.3 is 23.7 Å². The van der Waals surface area contributed by atoms with Gasteiger partial charge in [-0.1, -0.05) is 13.5 Å². The number of esters is 4. The molecular formula is C26H34O9. The maximum atomic E-state index is 13.5. The Morgan fingerprint density at radius 3 is 2.37 bits per heavy atom. The Hall–Kier alpha value is -2.71. The number of fused-ring (bicyclic) bond motifs is 2. The number of ether oxygens (including phenoxy) is 4. The summed E-state index contributed by atoms with van der Waals surface area (Å²) in [5, 5.41) is 0. The number of hydrogen-bond acceptors (Lipinski definition) is 9. The summed E-state index contributed by atoms with van der Waals surface area (Å²) in [6.45, 7) is 9.76. The van der Waals surface area contributed by atoms with Crippen LogP contribution in [-0.4, -0.2) is 55.6 Å². The first kappa shape index (κ1) is 25.4. The summed E-state index contributed by atoms with van der Waals surface area (Å²) >= 11 is 0. The second-order valence-electron chi connectivity index (χ2n) is 11.0. The van der Waals surface area contributed by atoms with Crippen LogP contribution in [0.4, 0.5) is 0 Å². The molecule has 0 aromatic rings. The molecule has 0 aromatic carbocycles. The van der Waals surface area contributed by atoms with Gasteiger partial charge in [-0.2, -0.15) is 0 Å². The van der Waals surface area contributed by atoms with E-state index in [1.165, 1.54) is 20.8 Å². The van der Waals surface area contributed by atoms with Crippen LogP contribution in [0.5, 0.6) is 0 Å². The third-order valence-corrected chi connectivity index (χ3v) is 9.14. The van der Waals surface area contributed by atoms with Crippen LogP contribution >= 0.6 is 0 Å². The number of cyclic esters (lactones) is 1. The van der Waals surface area contributed by atoms with Gasteiger partial charge >= 0.3 is 23.9 Å². The Kier molecular flexibility index (Phi) is 6.34. The molecular weight excluding hydrogens is 456 g/mol. The molecule has 1 aliphatic heterocycles. The molecule has 9 heteroatoms. The van der Waals surface area contributed by atoms with Crippen LogP contribution in [0.15, 0.2) is 12.2 Å². The predicted octanol–water partition coefficient (Wildman–Crippen LogP) is 2.54. The fourth-order valence-corrected chi connectivity index (χ4v) is 7.76. The second-order valence-corrected chi connectivity index (χ2v) is 11.0. The topological polar surface area (TPSA) is 122 Å². The minimum absolute atomic E-state index is 0.0219. The van der Waals surface area contributed by atoms with Gasteiger partial charge in [-0.05, 0) is 49.5 Å². The summed E-state index contributed by atoms with van der Waals surface area (Å²) in [5.41, 5.74) is -2.24. The van der Waals surface area contributed by atoms with Gasteiger partial charge in [0.25, 0.3) is 0 Å². The largest absolute Gasteiger partial charge is 0.465 e. The van der Waals surface area contributed by atoms with E-state index in [0.717, 1.165) is 18.3 Å². The lowest BCUT2D eigenvalue weighted by molar-refractivity contribution is -0.240. The summed E-state index contributed by atoms with van der Waals surface area (Å²) in [6.07, 6.45) is 2.09. The van der Waals surface area contributed by atoms with Crippen molar-refractivity contribution < 1.29 is 42.9 Å². The second kappa shape index (κ2) is 8.75. The van der Waals surface area contributed by atoms with Crippen molar-refractivity contribution in [1.29, 1.82) is 0 Å². The number of hydrogen-bond donors (Lipinski definition) is 0. The number of rotatable bonds is 5. The van der Waals surface area contributed by atoms with Crippen LogP contribution in [0.3, 0.4) is 0 Å². The Morgan fingerprint density at radius 1 is 1.09 bits per heavy atom. The first-order valence-corrected chi connectivity index (χ1v) is 12.2. The van der Waals surface area contributed by atoms with Gasteiger partial charge in [0, 0.05) is 37.5 Å². The zero-order valence-electron chi connectivity index (χ0n) is 20.8. The molecule has 35 heavy (non-hydrogen) atoms. The monoisotopic (exact) mass is 490 g/mol. The van der Waals surface area contributed by atoms with E-state index in [0.29, 0.717) is 25.7 Å². The van der Waals surface area contributed by atoms with Gasteiger partial charge in [-0.3, -0.25) is 19.2 Å². The number of carbonyl (C=O) groups is 5. The quantitative estimate of drug-likeness (QED) is 0.248. The average Bonchev–Trinajstić information content (AvgIpc) is 2.98. The van der Waals surface area contributed by atoms with Crippen LogP contribution in [-0.2, 0) is 42.9 Å². The SMILES string of the molecule is C=C1C(OC(C)=O)[C@]23C[C@H]1CC[C@H]2[C@@]1(CC[C@H](OC(C)=O)[C@@](C)(COC(C)=O)[C@H]1C=O)COC3=O. The summed E-state index contributed by atoms with van der Waals surface area (Å²) in [6, 6.07) is 0. The smallest absolute Gasteiger partial charge is 0.316 e. The zero-order chi connectivity index (χ0) is 25.8. The van der Waals surface area contributed by atoms with E-state index < -0.39 is 58.2 Å². The molecule has 2 bridgehead atoms. The summed E-state index contributed by atoms with van der Waals surface area (Å²) in [5.74, 6) is -2.96. The maximum Gasteiger partial charge on any atom is 0.316 e. The fourth-order valence-electron chi connectivity index (χ4n) is 7.76. The van der Waals surface area contributed by atoms with Crippen LogP contribution in [0, 0.1) is 34.0 Å². The van der Waals surface area contributed by atoms with Crippen molar-refractivity contribution >= 4 is 30.2 Å². The highest BCUT2D eigenvalue weighted by atomic mass is 16.6. The Bertz CT molecular complexity index is 972. The normalized spacial score (nSPS) is 42.0. The minimum atomic E-state index is -1.12. The molecule has 9 nitrogen and oxygen atoms in total. The van der Waals surface area contributed by atoms with E-state index >= 15 is 0 Å². The number of carbonyl (C=O) groups excluding carboxylic acids is 5. The summed E-state index contributed by atoms with van der Waals surface area (Å²) in [7, 11) is 0. The highest BCUT2D eigenvalue weighted by Gasteiger charge is 2.74. The average molecular weight is 491 g/mol. The van der Waals surface area contributed by atoms with Crippen molar-refractivity contribution in [2.24, 2.45) is 34.0 Å². The van der Waals surface area contributed by atoms with E-state index in [9.17, 15) is 24.0 Å². The van der Waals surface area contributed by atoms with Crippen LogP contribution in [0.2, 0.25) is 0 Å². The maximum absolute atomic E-state index is 13.5. The van der Waals surface area contributed by atoms with Crippen LogP contribution in [0.25, 0.3) is 0 Å². The lowest BCUT2D eigenvalue weighted by atomic mass is 9.44. The minimum Gasteiger partial charge on any atom is -0.465 e. The fraction of sp³-hybridized carbons (Fsp3) is 0.731. The van der Waals surface area contributed by atoms with E-state index in [-0.39, 0.29) is 25.0 Å². The molecule has 0 radical (unpaired) electrons. The van der Waals surface area contributed by atoms with Crippen molar-refractivity contribution in [1.82, 2.24) is 0 Å². The van der Waals surface area contributed by atoms with Gasteiger partial charge in [0.15, 0.2) is 0 Å². The highest BCUT2D eigenvalue weighted by molar-refractivity contribution is 5.82. The molecule has 2 spiro atoms. The summed E-state index contributed by atoms with van der Waals surface area (Å²) in [4.78, 5) is 62.0. The molecule has 8 atom stereocenters.